The monoisotopic (exact) mass is 301 g/mol. The Balaban J connectivity index is 3.30. The van der Waals surface area contributed by atoms with Gasteiger partial charge < -0.3 is 9.84 Å². The van der Waals surface area contributed by atoms with Gasteiger partial charge >= 0.3 is 5.97 Å². The fourth-order valence-electron chi connectivity index (χ4n) is 1.26. The van der Waals surface area contributed by atoms with Gasteiger partial charge in [0, 0.05) is 11.1 Å². The van der Waals surface area contributed by atoms with Crippen molar-refractivity contribution in [2.24, 2.45) is 0 Å². The van der Waals surface area contributed by atoms with E-state index in [4.69, 9.17) is 4.74 Å². The molecule has 5 heteroatoms. The first-order valence-corrected chi connectivity index (χ1v) is 6.13. The fraction of sp³-hybridized carbons (Fsp3) is 0.500. The second kappa shape index (κ2) is 5.04. The third kappa shape index (κ3) is 3.19. The largest absolute Gasteiger partial charge is 0.504 e. The maximum atomic E-state index is 11.7. The van der Waals surface area contributed by atoms with Crippen LogP contribution in [0.2, 0.25) is 0 Å². The Kier molecular flexibility index (Phi) is 4.14. The number of carbonyl (C=O) groups is 1. The van der Waals surface area contributed by atoms with Crippen LogP contribution in [0, 0.1) is 0 Å². The zero-order valence-corrected chi connectivity index (χ0v) is 12.0. The predicted molar refractivity (Wildman–Crippen MR) is 68.3 cm³/mol. The number of pyridine rings is 1. The zero-order chi connectivity index (χ0) is 13.2. The Morgan fingerprint density at radius 1 is 1.53 bits per heavy atom. The molecule has 1 N–H and O–H groups in total. The summed E-state index contributed by atoms with van der Waals surface area (Å²) in [5.41, 5.74) is 0.640. The number of aromatic nitrogens is 1. The second-order valence-electron chi connectivity index (χ2n) is 4.66. The van der Waals surface area contributed by atoms with Crippen molar-refractivity contribution >= 4 is 21.9 Å². The highest BCUT2D eigenvalue weighted by Gasteiger charge is 2.23. The maximum absolute atomic E-state index is 11.7. The number of carbonyl (C=O) groups excluding carboxylic acids is 1. The summed E-state index contributed by atoms with van der Waals surface area (Å²) in [7, 11) is 0. The topological polar surface area (TPSA) is 59.4 Å². The van der Waals surface area contributed by atoms with Gasteiger partial charge in [0.2, 0.25) is 0 Å². The van der Waals surface area contributed by atoms with E-state index in [9.17, 15) is 9.90 Å². The normalized spacial score (nSPS) is 11.4. The van der Waals surface area contributed by atoms with Gasteiger partial charge in [-0.2, -0.15) is 0 Å². The summed E-state index contributed by atoms with van der Waals surface area (Å²) in [5.74, 6) is -0.727. The molecule has 4 nitrogen and oxygen atoms in total. The van der Waals surface area contributed by atoms with E-state index in [0.29, 0.717) is 5.69 Å². The van der Waals surface area contributed by atoms with Crippen LogP contribution in [-0.2, 0) is 10.2 Å². The number of esters is 1. The Morgan fingerprint density at radius 3 is 2.59 bits per heavy atom. The van der Waals surface area contributed by atoms with E-state index in [-0.39, 0.29) is 27.9 Å². The van der Waals surface area contributed by atoms with Gasteiger partial charge in [0.15, 0.2) is 5.75 Å². The first kappa shape index (κ1) is 14.0. The van der Waals surface area contributed by atoms with Crippen LogP contribution in [0.25, 0.3) is 0 Å². The summed E-state index contributed by atoms with van der Waals surface area (Å²) >= 11 is 3.14. The minimum atomic E-state index is -0.543. The molecule has 0 fully saturated rings. The van der Waals surface area contributed by atoms with E-state index < -0.39 is 5.97 Å². The van der Waals surface area contributed by atoms with Crippen LogP contribution in [-0.4, -0.2) is 22.7 Å². The SMILES string of the molecule is CCOC(=O)c1cc(C(C)(C)C)nc(Br)c1O. The summed E-state index contributed by atoms with van der Waals surface area (Å²) in [6, 6.07) is 1.57. The molecule has 0 saturated heterocycles. The van der Waals surface area contributed by atoms with Crippen molar-refractivity contribution in [3.63, 3.8) is 0 Å². The van der Waals surface area contributed by atoms with Crippen molar-refractivity contribution in [3.8, 4) is 5.75 Å². The predicted octanol–water partition coefficient (Wildman–Crippen LogP) is 3.02. The lowest BCUT2D eigenvalue weighted by atomic mass is 9.91. The first-order chi connectivity index (χ1) is 7.77. The van der Waals surface area contributed by atoms with Crippen LogP contribution in [0.4, 0.5) is 0 Å². The summed E-state index contributed by atoms with van der Waals surface area (Å²) < 4.78 is 5.14. The van der Waals surface area contributed by atoms with Gasteiger partial charge in [-0.3, -0.25) is 0 Å². The number of aromatic hydroxyl groups is 1. The van der Waals surface area contributed by atoms with E-state index >= 15 is 0 Å². The average molecular weight is 302 g/mol. The lowest BCUT2D eigenvalue weighted by Crippen LogP contribution is -2.16. The molecule has 0 aliphatic carbocycles. The van der Waals surface area contributed by atoms with E-state index in [1.807, 2.05) is 20.8 Å². The number of rotatable bonds is 2. The van der Waals surface area contributed by atoms with Gasteiger partial charge in [-0.05, 0) is 28.9 Å². The molecule has 0 aliphatic heterocycles. The highest BCUT2D eigenvalue weighted by molar-refractivity contribution is 9.10. The summed E-state index contributed by atoms with van der Waals surface area (Å²) in [6.07, 6.45) is 0. The molecule has 0 aliphatic rings. The van der Waals surface area contributed by atoms with Gasteiger partial charge in [0.1, 0.15) is 10.2 Å². The Bertz CT molecular complexity index is 438. The number of hydrogen-bond donors (Lipinski definition) is 1. The maximum Gasteiger partial charge on any atom is 0.342 e. The molecule has 0 radical (unpaired) electrons. The van der Waals surface area contributed by atoms with Gasteiger partial charge in [0.25, 0.3) is 0 Å². The third-order valence-corrected chi connectivity index (χ3v) is 2.77. The minimum absolute atomic E-state index is 0.138. The standard InChI is InChI=1S/C12H16BrNO3/c1-5-17-11(16)7-6-8(12(2,3)4)14-10(13)9(7)15/h6,15H,5H2,1-4H3. The van der Waals surface area contributed by atoms with Crippen LogP contribution in [0.1, 0.15) is 43.7 Å². The summed E-state index contributed by atoms with van der Waals surface area (Å²) in [4.78, 5) is 15.9. The van der Waals surface area contributed by atoms with Crippen LogP contribution in [0.5, 0.6) is 5.75 Å². The molecule has 1 aromatic heterocycles. The molecule has 17 heavy (non-hydrogen) atoms. The smallest absolute Gasteiger partial charge is 0.342 e. The van der Waals surface area contributed by atoms with E-state index in [1.54, 1.807) is 13.0 Å². The van der Waals surface area contributed by atoms with Gasteiger partial charge in [-0.15, -0.1) is 0 Å². The number of nitrogens with zero attached hydrogens (tertiary/aromatic N) is 1. The van der Waals surface area contributed by atoms with Gasteiger partial charge in [-0.25, -0.2) is 9.78 Å². The quantitative estimate of drug-likeness (QED) is 0.674. The van der Waals surface area contributed by atoms with Gasteiger partial charge in [0.05, 0.1) is 6.61 Å². The Labute approximate surface area is 109 Å². The molecule has 0 aromatic carbocycles. The molecule has 1 heterocycles. The summed E-state index contributed by atoms with van der Waals surface area (Å²) in [5, 5.41) is 9.77. The summed E-state index contributed by atoms with van der Waals surface area (Å²) in [6.45, 7) is 7.92. The van der Waals surface area contributed by atoms with E-state index in [2.05, 4.69) is 20.9 Å². The first-order valence-electron chi connectivity index (χ1n) is 5.34. The van der Waals surface area contributed by atoms with Crippen LogP contribution in [0.3, 0.4) is 0 Å². The Morgan fingerprint density at radius 2 is 2.12 bits per heavy atom. The van der Waals surface area contributed by atoms with Crippen molar-refractivity contribution in [2.75, 3.05) is 6.61 Å². The number of hydrogen-bond acceptors (Lipinski definition) is 4. The van der Waals surface area contributed by atoms with Crippen LogP contribution in [0.15, 0.2) is 10.7 Å². The minimum Gasteiger partial charge on any atom is -0.504 e. The Hall–Kier alpha value is -1.10. The molecular weight excluding hydrogens is 286 g/mol. The van der Waals surface area contributed by atoms with Crippen molar-refractivity contribution in [1.29, 1.82) is 0 Å². The third-order valence-electron chi connectivity index (χ3n) is 2.21. The van der Waals surface area contributed by atoms with Gasteiger partial charge in [-0.1, -0.05) is 20.8 Å². The van der Waals surface area contributed by atoms with E-state index in [1.165, 1.54) is 0 Å². The van der Waals surface area contributed by atoms with E-state index in [0.717, 1.165) is 0 Å². The number of halogens is 1. The van der Waals surface area contributed by atoms with Crippen LogP contribution < -0.4 is 0 Å². The molecule has 0 spiro atoms. The second-order valence-corrected chi connectivity index (χ2v) is 5.42. The molecule has 94 valence electrons. The molecule has 0 amide bonds. The molecule has 0 saturated carbocycles. The van der Waals surface area contributed by atoms with Crippen molar-refractivity contribution in [1.82, 2.24) is 4.98 Å². The lowest BCUT2D eigenvalue weighted by Gasteiger charge is -2.19. The average Bonchev–Trinajstić information content (AvgIpc) is 2.20. The van der Waals surface area contributed by atoms with Crippen LogP contribution >= 0.6 is 15.9 Å². The van der Waals surface area contributed by atoms with Crippen molar-refractivity contribution < 1.29 is 14.6 Å². The van der Waals surface area contributed by atoms with Crippen molar-refractivity contribution in [2.45, 2.75) is 33.1 Å². The molecule has 1 rings (SSSR count). The fourth-order valence-corrected chi connectivity index (χ4v) is 1.66. The molecule has 0 bridgehead atoms. The molecule has 0 atom stereocenters. The highest BCUT2D eigenvalue weighted by atomic mass is 79.9. The molecule has 0 unspecified atom stereocenters. The molecular formula is C12H16BrNO3. The highest BCUT2D eigenvalue weighted by Crippen LogP contribution is 2.31. The zero-order valence-electron chi connectivity index (χ0n) is 10.4. The lowest BCUT2D eigenvalue weighted by molar-refractivity contribution is 0.0522. The van der Waals surface area contributed by atoms with Crippen molar-refractivity contribution in [3.05, 3.63) is 21.9 Å². The number of ether oxygens (including phenoxy) is 1. The molecule has 1 aromatic rings.